The molecule has 0 spiro atoms. The third-order valence-corrected chi connectivity index (χ3v) is 3.46. The van der Waals surface area contributed by atoms with Gasteiger partial charge in [-0.3, -0.25) is 0 Å². The van der Waals surface area contributed by atoms with E-state index in [-0.39, 0.29) is 11.6 Å². The highest BCUT2D eigenvalue weighted by molar-refractivity contribution is 6.23. The Balaban J connectivity index is 2.00. The maximum Gasteiger partial charge on any atom is 0.373 e. The average Bonchev–Trinajstić information content (AvgIpc) is 2.93. The Morgan fingerprint density at radius 1 is 1.50 bits per heavy atom. The molecule has 0 radical (unpaired) electrons. The van der Waals surface area contributed by atoms with Crippen molar-refractivity contribution in [3.63, 3.8) is 0 Å². The summed E-state index contributed by atoms with van der Waals surface area (Å²) in [7, 11) is 1.27. The number of methoxy groups -OCH3 is 1. The molecule has 22 heavy (non-hydrogen) atoms. The number of ether oxygens (including phenoxy) is 1. The van der Waals surface area contributed by atoms with Gasteiger partial charge in [-0.1, -0.05) is 11.6 Å². The van der Waals surface area contributed by atoms with Crippen LogP contribution in [0.5, 0.6) is 0 Å². The number of benzene rings is 1. The van der Waals surface area contributed by atoms with Gasteiger partial charge in [0.05, 0.1) is 7.11 Å². The zero-order valence-electron chi connectivity index (χ0n) is 11.4. The molecule has 0 fully saturated rings. The number of carbonyl (C=O) groups is 1. The number of hydrogen-bond donors (Lipinski definition) is 1. The summed E-state index contributed by atoms with van der Waals surface area (Å²) >= 11 is 6.06. The number of fused-ring (bicyclic) bond motifs is 1. The van der Waals surface area contributed by atoms with E-state index in [1.807, 2.05) is 0 Å². The van der Waals surface area contributed by atoms with Crippen LogP contribution in [0, 0.1) is 0 Å². The van der Waals surface area contributed by atoms with Crippen LogP contribution in [0.3, 0.4) is 0 Å². The zero-order chi connectivity index (χ0) is 15.9. The van der Waals surface area contributed by atoms with Crippen LogP contribution in [0.4, 0.5) is 10.1 Å². The molecule has 8 heteroatoms. The molecule has 1 aromatic carbocycles. The number of nitrogens with two attached hydrogens (primary N) is 1. The molecule has 114 valence electrons. The van der Waals surface area contributed by atoms with Gasteiger partial charge in [-0.25, -0.2) is 14.2 Å². The number of rotatable bonds is 2. The SMILES string of the molecule is COC(=O)c1cc2cc(N3C=C(F)C(N)=NC3Cl)ccc2o1. The van der Waals surface area contributed by atoms with Crippen molar-refractivity contribution in [2.24, 2.45) is 10.7 Å². The summed E-state index contributed by atoms with van der Waals surface area (Å²) in [6.07, 6.45) is 1.17. The number of nitrogens with zero attached hydrogens (tertiary/aromatic N) is 2. The first kappa shape index (κ1) is 14.4. The summed E-state index contributed by atoms with van der Waals surface area (Å²) in [5.74, 6) is -1.40. The van der Waals surface area contributed by atoms with Crippen LogP contribution in [-0.4, -0.2) is 24.5 Å². The Kier molecular flexibility index (Phi) is 3.50. The summed E-state index contributed by atoms with van der Waals surface area (Å²) in [6, 6.07) is 6.55. The van der Waals surface area contributed by atoms with Crippen LogP contribution in [0.1, 0.15) is 10.6 Å². The van der Waals surface area contributed by atoms with Gasteiger partial charge in [0.25, 0.3) is 0 Å². The molecule has 6 nitrogen and oxygen atoms in total. The van der Waals surface area contributed by atoms with Crippen molar-refractivity contribution in [1.82, 2.24) is 0 Å². The second-order valence-electron chi connectivity index (χ2n) is 4.53. The van der Waals surface area contributed by atoms with Gasteiger partial charge in [-0.05, 0) is 24.3 Å². The molecule has 0 amide bonds. The van der Waals surface area contributed by atoms with Crippen LogP contribution in [0.2, 0.25) is 0 Å². The number of carbonyl (C=O) groups excluding carboxylic acids is 1. The van der Waals surface area contributed by atoms with Crippen LogP contribution >= 0.6 is 11.6 Å². The lowest BCUT2D eigenvalue weighted by molar-refractivity contribution is 0.0567. The van der Waals surface area contributed by atoms with Crippen LogP contribution in [0.25, 0.3) is 11.0 Å². The van der Waals surface area contributed by atoms with E-state index < -0.39 is 17.4 Å². The molecule has 1 aliphatic rings. The van der Waals surface area contributed by atoms with E-state index in [4.69, 9.17) is 21.8 Å². The molecule has 0 saturated heterocycles. The minimum atomic E-state index is -0.857. The second-order valence-corrected chi connectivity index (χ2v) is 4.92. The molecule has 2 N–H and O–H groups in total. The fraction of sp³-hybridized carbons (Fsp3) is 0.143. The molecule has 1 atom stereocenters. The summed E-state index contributed by atoms with van der Waals surface area (Å²) in [5, 5.41) is 0.651. The maximum absolute atomic E-state index is 13.6. The number of esters is 1. The molecule has 1 aliphatic heterocycles. The molecule has 1 unspecified atom stereocenters. The fourth-order valence-corrected chi connectivity index (χ4v) is 2.35. The highest BCUT2D eigenvalue weighted by Gasteiger charge is 2.22. The number of halogens is 2. The largest absolute Gasteiger partial charge is 0.463 e. The Hall–Kier alpha value is -2.54. The Morgan fingerprint density at radius 2 is 2.27 bits per heavy atom. The minimum absolute atomic E-state index is 0.0831. The van der Waals surface area contributed by atoms with Gasteiger partial charge in [-0.15, -0.1) is 0 Å². The van der Waals surface area contributed by atoms with Crippen LogP contribution in [0.15, 0.2) is 45.7 Å². The van der Waals surface area contributed by atoms with Crippen molar-refractivity contribution < 1.29 is 18.3 Å². The zero-order valence-corrected chi connectivity index (χ0v) is 12.2. The van der Waals surface area contributed by atoms with E-state index in [1.165, 1.54) is 24.3 Å². The Bertz CT molecular complexity index is 815. The molecule has 0 bridgehead atoms. The smallest absolute Gasteiger partial charge is 0.373 e. The quantitative estimate of drug-likeness (QED) is 0.522. The number of aliphatic imine (C=N–C) groups is 1. The van der Waals surface area contributed by atoms with Gasteiger partial charge < -0.3 is 19.8 Å². The number of furan rings is 1. The molecule has 0 saturated carbocycles. The highest BCUT2D eigenvalue weighted by Crippen LogP contribution is 2.30. The van der Waals surface area contributed by atoms with Crippen molar-refractivity contribution in [3.05, 3.63) is 42.1 Å². The summed E-state index contributed by atoms with van der Waals surface area (Å²) in [4.78, 5) is 16.7. The normalized spacial score (nSPS) is 18.1. The highest BCUT2D eigenvalue weighted by atomic mass is 35.5. The standard InChI is InChI=1S/C14H11ClFN3O3/c1-21-13(20)11-5-7-4-8(2-3-10(7)22-11)19-6-9(16)12(17)18-14(19)15/h2-6,14H,1H3,(H2,17,18). The van der Waals surface area contributed by atoms with Crippen LogP contribution in [-0.2, 0) is 4.74 Å². The molecule has 2 heterocycles. The first-order valence-corrected chi connectivity index (χ1v) is 6.68. The first-order valence-electron chi connectivity index (χ1n) is 6.25. The number of anilines is 1. The van der Waals surface area contributed by atoms with Gasteiger partial charge in [-0.2, -0.15) is 0 Å². The van der Waals surface area contributed by atoms with Crippen molar-refractivity contribution >= 4 is 40.1 Å². The van der Waals surface area contributed by atoms with E-state index >= 15 is 0 Å². The van der Waals surface area contributed by atoms with Gasteiger partial charge in [0, 0.05) is 17.3 Å². The molecule has 3 rings (SSSR count). The van der Waals surface area contributed by atoms with E-state index in [1.54, 1.807) is 18.2 Å². The average molecular weight is 324 g/mol. The molecule has 0 aliphatic carbocycles. The number of hydrogen-bond acceptors (Lipinski definition) is 6. The summed E-state index contributed by atoms with van der Waals surface area (Å²) < 4.78 is 23.5. The predicted molar refractivity (Wildman–Crippen MR) is 80.5 cm³/mol. The first-order chi connectivity index (χ1) is 10.5. The van der Waals surface area contributed by atoms with E-state index in [2.05, 4.69) is 9.73 Å². The Labute approximate surface area is 129 Å². The van der Waals surface area contributed by atoms with Crippen molar-refractivity contribution in [3.8, 4) is 0 Å². The van der Waals surface area contributed by atoms with Crippen LogP contribution < -0.4 is 10.6 Å². The molecule has 1 aromatic heterocycles. The van der Waals surface area contributed by atoms with E-state index in [0.29, 0.717) is 16.7 Å². The second kappa shape index (κ2) is 5.34. The maximum atomic E-state index is 13.6. The lowest BCUT2D eigenvalue weighted by Crippen LogP contribution is -2.32. The van der Waals surface area contributed by atoms with Gasteiger partial charge in [0.15, 0.2) is 11.7 Å². The van der Waals surface area contributed by atoms with Gasteiger partial charge >= 0.3 is 5.97 Å². The monoisotopic (exact) mass is 323 g/mol. The number of alkyl halides is 1. The third kappa shape index (κ3) is 2.39. The fourth-order valence-electron chi connectivity index (χ4n) is 2.08. The topological polar surface area (TPSA) is 81.1 Å². The third-order valence-electron chi connectivity index (χ3n) is 3.16. The summed E-state index contributed by atoms with van der Waals surface area (Å²) in [5.41, 5.74) is 5.60. The molecular weight excluding hydrogens is 313 g/mol. The van der Waals surface area contributed by atoms with Gasteiger partial charge in [0.2, 0.25) is 11.4 Å². The number of amidine groups is 1. The lowest BCUT2D eigenvalue weighted by atomic mass is 10.2. The van der Waals surface area contributed by atoms with Gasteiger partial charge in [0.1, 0.15) is 5.58 Å². The van der Waals surface area contributed by atoms with Crippen molar-refractivity contribution in [1.29, 1.82) is 0 Å². The molecule has 2 aromatic rings. The predicted octanol–water partition coefficient (Wildman–Crippen LogP) is 2.73. The Morgan fingerprint density at radius 3 is 3.00 bits per heavy atom. The van der Waals surface area contributed by atoms with E-state index in [9.17, 15) is 9.18 Å². The van der Waals surface area contributed by atoms with Crippen molar-refractivity contribution in [2.75, 3.05) is 12.0 Å². The lowest BCUT2D eigenvalue weighted by Gasteiger charge is -2.26. The van der Waals surface area contributed by atoms with E-state index in [0.717, 1.165) is 0 Å². The van der Waals surface area contributed by atoms with Crippen molar-refractivity contribution in [2.45, 2.75) is 5.62 Å². The minimum Gasteiger partial charge on any atom is -0.463 e. The molecular formula is C14H11ClFN3O3. The summed E-state index contributed by atoms with van der Waals surface area (Å²) in [6.45, 7) is 0.